The lowest BCUT2D eigenvalue weighted by Crippen LogP contribution is -2.01. The highest BCUT2D eigenvalue weighted by molar-refractivity contribution is 5.89. The Hall–Kier alpha value is -1.94. The van der Waals surface area contributed by atoms with E-state index >= 15 is 0 Å². The summed E-state index contributed by atoms with van der Waals surface area (Å²) >= 11 is 0. The first kappa shape index (κ1) is 11.5. The summed E-state index contributed by atoms with van der Waals surface area (Å²) in [5, 5.41) is 0. The van der Waals surface area contributed by atoms with Gasteiger partial charge in [-0.05, 0) is 29.8 Å². The van der Waals surface area contributed by atoms with Crippen LogP contribution in [-0.4, -0.2) is 25.5 Å². The van der Waals surface area contributed by atoms with E-state index in [4.69, 9.17) is 4.74 Å². The summed E-state index contributed by atoms with van der Waals surface area (Å²) in [5.74, 6) is -0.368. The summed E-state index contributed by atoms with van der Waals surface area (Å²) in [5.41, 5.74) is 1.41. The van der Waals surface area contributed by atoms with Crippen LogP contribution in [0, 0.1) is 0 Å². The molecule has 0 aliphatic carbocycles. The van der Waals surface area contributed by atoms with Crippen LogP contribution in [0.3, 0.4) is 0 Å². The van der Waals surface area contributed by atoms with E-state index in [9.17, 15) is 9.59 Å². The number of hydrogen-bond donors (Lipinski definition) is 0. The zero-order valence-corrected chi connectivity index (χ0v) is 9.33. The second-order valence-corrected chi connectivity index (χ2v) is 3.66. The van der Waals surface area contributed by atoms with Gasteiger partial charge in [-0.2, -0.15) is 0 Å². The van der Waals surface area contributed by atoms with Crippen LogP contribution in [0.25, 0.3) is 0 Å². The lowest BCUT2D eigenvalue weighted by Gasteiger charge is -2.00. The Morgan fingerprint density at radius 2 is 2.29 bits per heavy atom. The van der Waals surface area contributed by atoms with Gasteiger partial charge in [-0.1, -0.05) is 12.1 Å². The number of allylic oxidation sites excluding steroid dienone is 1. The predicted octanol–water partition coefficient (Wildman–Crippen LogP) is 1.67. The molecule has 1 aromatic carbocycles. The van der Waals surface area contributed by atoms with Crippen LogP contribution in [0.2, 0.25) is 0 Å². The van der Waals surface area contributed by atoms with E-state index in [1.807, 2.05) is 6.07 Å². The largest absolute Gasteiger partial charge is 0.465 e. The molecule has 0 amide bonds. The van der Waals surface area contributed by atoms with Gasteiger partial charge in [0.25, 0.3) is 0 Å². The second kappa shape index (κ2) is 4.93. The van der Waals surface area contributed by atoms with Crippen LogP contribution < -0.4 is 0 Å². The molecule has 1 aromatic rings. The van der Waals surface area contributed by atoms with E-state index in [2.05, 4.69) is 4.74 Å². The molecule has 2 atom stereocenters. The van der Waals surface area contributed by atoms with Crippen molar-refractivity contribution in [1.82, 2.24) is 0 Å². The normalized spacial score (nSPS) is 22.4. The number of benzene rings is 1. The lowest BCUT2D eigenvalue weighted by atomic mass is 10.1. The molecule has 4 heteroatoms. The van der Waals surface area contributed by atoms with Crippen molar-refractivity contribution < 1.29 is 19.1 Å². The van der Waals surface area contributed by atoms with Crippen molar-refractivity contribution in [2.45, 2.75) is 12.2 Å². The fourth-order valence-electron chi connectivity index (χ4n) is 1.65. The van der Waals surface area contributed by atoms with Crippen LogP contribution in [0.4, 0.5) is 0 Å². The van der Waals surface area contributed by atoms with Crippen LogP contribution >= 0.6 is 0 Å². The van der Waals surface area contributed by atoms with Gasteiger partial charge in [0, 0.05) is 0 Å². The number of hydrogen-bond acceptors (Lipinski definition) is 4. The highest BCUT2D eigenvalue weighted by atomic mass is 16.6. The van der Waals surface area contributed by atoms with Gasteiger partial charge < -0.3 is 9.47 Å². The average Bonchev–Trinajstić information content (AvgIpc) is 3.15. The molecule has 1 aliphatic heterocycles. The molecule has 17 heavy (non-hydrogen) atoms. The first-order valence-electron chi connectivity index (χ1n) is 5.22. The van der Waals surface area contributed by atoms with Gasteiger partial charge >= 0.3 is 5.97 Å². The minimum Gasteiger partial charge on any atom is -0.465 e. The molecule has 1 fully saturated rings. The smallest absolute Gasteiger partial charge is 0.337 e. The molecule has 88 valence electrons. The molecule has 0 unspecified atom stereocenters. The molecule has 0 spiro atoms. The standard InChI is InChI=1S/C13H12O4/c1-16-13(15)10-5-2-4-9(8-10)12-11(17-12)6-3-7-14/h2-8,11-12H,1H3/t11-,12-/m1/s1. The number of ether oxygens (including phenoxy) is 2. The first-order valence-corrected chi connectivity index (χ1v) is 5.22. The Labute approximate surface area is 98.8 Å². The van der Waals surface area contributed by atoms with E-state index in [0.29, 0.717) is 11.8 Å². The number of carbonyl (C=O) groups is 2. The fraction of sp³-hybridized carbons (Fsp3) is 0.231. The van der Waals surface area contributed by atoms with Crippen molar-refractivity contribution in [3.05, 3.63) is 47.5 Å². The maximum Gasteiger partial charge on any atom is 0.337 e. The molecule has 0 radical (unpaired) electrons. The van der Waals surface area contributed by atoms with Gasteiger partial charge in [-0.15, -0.1) is 0 Å². The number of rotatable bonds is 4. The molecule has 1 heterocycles. The van der Waals surface area contributed by atoms with E-state index < -0.39 is 0 Å². The molecule has 1 saturated heterocycles. The highest BCUT2D eigenvalue weighted by Crippen LogP contribution is 2.39. The maximum absolute atomic E-state index is 11.3. The molecule has 0 saturated carbocycles. The Balaban J connectivity index is 2.11. The van der Waals surface area contributed by atoms with Crippen molar-refractivity contribution in [3.63, 3.8) is 0 Å². The summed E-state index contributed by atoms with van der Waals surface area (Å²) in [6.07, 6.45) is 3.67. The third-order valence-electron chi connectivity index (χ3n) is 2.54. The zero-order valence-electron chi connectivity index (χ0n) is 9.33. The number of carbonyl (C=O) groups excluding carboxylic acids is 2. The predicted molar refractivity (Wildman–Crippen MR) is 60.6 cm³/mol. The minimum absolute atomic E-state index is 0.0733. The Bertz CT molecular complexity index is 464. The third kappa shape index (κ3) is 2.60. The van der Waals surface area contributed by atoms with E-state index in [0.717, 1.165) is 5.56 Å². The van der Waals surface area contributed by atoms with E-state index in [1.54, 1.807) is 24.3 Å². The van der Waals surface area contributed by atoms with Crippen molar-refractivity contribution >= 4 is 12.3 Å². The van der Waals surface area contributed by atoms with Gasteiger partial charge in [0.1, 0.15) is 18.5 Å². The van der Waals surface area contributed by atoms with Gasteiger partial charge in [-0.25, -0.2) is 4.79 Å². The van der Waals surface area contributed by atoms with Crippen molar-refractivity contribution in [1.29, 1.82) is 0 Å². The van der Waals surface area contributed by atoms with Crippen molar-refractivity contribution in [3.8, 4) is 0 Å². The number of aldehydes is 1. The Morgan fingerprint density at radius 1 is 1.47 bits per heavy atom. The molecule has 0 bridgehead atoms. The van der Waals surface area contributed by atoms with E-state index in [-0.39, 0.29) is 18.2 Å². The fourth-order valence-corrected chi connectivity index (χ4v) is 1.65. The summed E-state index contributed by atoms with van der Waals surface area (Å²) in [6, 6.07) is 7.09. The Morgan fingerprint density at radius 3 is 3.00 bits per heavy atom. The van der Waals surface area contributed by atoms with Crippen LogP contribution in [-0.2, 0) is 14.3 Å². The summed E-state index contributed by atoms with van der Waals surface area (Å²) < 4.78 is 10.0. The SMILES string of the molecule is COC(=O)c1cccc([C@H]2O[C@@H]2C=CC=O)c1. The van der Waals surface area contributed by atoms with Crippen LogP contribution in [0.1, 0.15) is 22.0 Å². The minimum atomic E-state index is -0.368. The quantitative estimate of drug-likeness (QED) is 0.343. The van der Waals surface area contributed by atoms with Crippen LogP contribution in [0.15, 0.2) is 36.4 Å². The third-order valence-corrected chi connectivity index (χ3v) is 2.54. The molecule has 1 aliphatic rings. The number of methoxy groups -OCH3 is 1. The van der Waals surface area contributed by atoms with E-state index in [1.165, 1.54) is 13.2 Å². The molecule has 2 rings (SSSR count). The summed E-state index contributed by atoms with van der Waals surface area (Å²) in [6.45, 7) is 0. The van der Waals surface area contributed by atoms with Crippen LogP contribution in [0.5, 0.6) is 0 Å². The lowest BCUT2D eigenvalue weighted by molar-refractivity contribution is -0.104. The van der Waals surface area contributed by atoms with Gasteiger partial charge in [0.15, 0.2) is 0 Å². The first-order chi connectivity index (χ1) is 8.26. The van der Waals surface area contributed by atoms with Gasteiger partial charge in [0.05, 0.1) is 12.7 Å². The number of epoxide rings is 1. The number of esters is 1. The van der Waals surface area contributed by atoms with Crippen molar-refractivity contribution in [2.75, 3.05) is 7.11 Å². The molecule has 0 N–H and O–H groups in total. The Kier molecular flexibility index (Phi) is 3.35. The molecular formula is C13H12O4. The molecule has 4 nitrogen and oxygen atoms in total. The summed E-state index contributed by atoms with van der Waals surface area (Å²) in [4.78, 5) is 21.5. The van der Waals surface area contributed by atoms with Gasteiger partial charge in [-0.3, -0.25) is 4.79 Å². The summed E-state index contributed by atoms with van der Waals surface area (Å²) in [7, 11) is 1.35. The monoisotopic (exact) mass is 232 g/mol. The highest BCUT2D eigenvalue weighted by Gasteiger charge is 2.38. The molecular weight excluding hydrogens is 220 g/mol. The zero-order chi connectivity index (χ0) is 12.3. The maximum atomic E-state index is 11.3. The second-order valence-electron chi connectivity index (χ2n) is 3.66. The van der Waals surface area contributed by atoms with Crippen molar-refractivity contribution in [2.24, 2.45) is 0 Å². The van der Waals surface area contributed by atoms with Gasteiger partial charge in [0.2, 0.25) is 0 Å². The molecule has 0 aromatic heterocycles. The average molecular weight is 232 g/mol. The topological polar surface area (TPSA) is 55.9 Å².